The molecule has 0 saturated carbocycles. The van der Waals surface area contributed by atoms with Crippen LogP contribution in [0.25, 0.3) is 0 Å². The Morgan fingerprint density at radius 2 is 2.07 bits per heavy atom. The Bertz CT molecular complexity index is 347. The highest BCUT2D eigenvalue weighted by molar-refractivity contribution is 6.31. The van der Waals surface area contributed by atoms with Crippen LogP contribution in [0.5, 0.6) is 0 Å². The number of hydrogen-bond acceptors (Lipinski definition) is 1. The summed E-state index contributed by atoms with van der Waals surface area (Å²) >= 11 is 5.91. The van der Waals surface area contributed by atoms with Gasteiger partial charge in [0.2, 0.25) is 0 Å². The number of aryl methyl sites for hydroxylation is 1. The molecule has 0 atom stereocenters. The third-order valence-electron chi connectivity index (χ3n) is 1.85. The summed E-state index contributed by atoms with van der Waals surface area (Å²) < 4.78 is 0. The van der Waals surface area contributed by atoms with Crippen LogP contribution in [0.15, 0.2) is 18.2 Å². The highest BCUT2D eigenvalue weighted by atomic mass is 35.5. The predicted molar refractivity (Wildman–Crippen MR) is 58.8 cm³/mol. The molecule has 0 radical (unpaired) electrons. The molecular weight excluding hydrogens is 198 g/mol. The zero-order valence-corrected chi connectivity index (χ0v) is 9.35. The molecule has 0 aliphatic rings. The van der Waals surface area contributed by atoms with Crippen molar-refractivity contribution >= 4 is 17.5 Å². The smallest absolute Gasteiger partial charge is 0.251 e. The van der Waals surface area contributed by atoms with Gasteiger partial charge in [-0.15, -0.1) is 0 Å². The molecule has 14 heavy (non-hydrogen) atoms. The van der Waals surface area contributed by atoms with Crippen LogP contribution in [0, 0.1) is 6.92 Å². The number of hydrogen-bond donors (Lipinski definition) is 1. The topological polar surface area (TPSA) is 29.1 Å². The van der Waals surface area contributed by atoms with Crippen LogP contribution in [-0.4, -0.2) is 11.9 Å². The summed E-state index contributed by atoms with van der Waals surface area (Å²) in [6.45, 7) is 5.76. The number of benzene rings is 1. The first kappa shape index (κ1) is 11.1. The lowest BCUT2D eigenvalue weighted by Crippen LogP contribution is -2.30. The van der Waals surface area contributed by atoms with Gasteiger partial charge in [0.1, 0.15) is 0 Å². The van der Waals surface area contributed by atoms with Gasteiger partial charge in [0, 0.05) is 16.6 Å². The van der Waals surface area contributed by atoms with E-state index in [1.165, 1.54) is 0 Å². The minimum atomic E-state index is -0.0816. The third-order valence-corrected chi connectivity index (χ3v) is 2.26. The van der Waals surface area contributed by atoms with Crippen molar-refractivity contribution < 1.29 is 4.79 Å². The molecule has 0 aromatic heterocycles. The standard InChI is InChI=1S/C11H14ClNO/c1-7(2)13-11(14)9-5-4-8(3)10(12)6-9/h4-7H,1-3H3,(H,13,14). The quantitative estimate of drug-likeness (QED) is 0.801. The Hall–Kier alpha value is -1.02. The number of halogens is 1. The Morgan fingerprint density at radius 3 is 2.57 bits per heavy atom. The maximum Gasteiger partial charge on any atom is 0.251 e. The maximum atomic E-state index is 11.5. The van der Waals surface area contributed by atoms with E-state index in [1.807, 2.05) is 26.8 Å². The molecule has 0 aliphatic carbocycles. The second-order valence-electron chi connectivity index (χ2n) is 3.59. The average Bonchev–Trinajstić information content (AvgIpc) is 2.08. The summed E-state index contributed by atoms with van der Waals surface area (Å²) in [6.07, 6.45) is 0. The second kappa shape index (κ2) is 4.47. The van der Waals surface area contributed by atoms with E-state index in [-0.39, 0.29) is 11.9 Å². The molecule has 1 aromatic rings. The molecule has 3 heteroatoms. The molecule has 0 bridgehead atoms. The second-order valence-corrected chi connectivity index (χ2v) is 4.00. The largest absolute Gasteiger partial charge is 0.350 e. The Balaban J connectivity index is 2.86. The Kier molecular flexibility index (Phi) is 3.53. The monoisotopic (exact) mass is 211 g/mol. The van der Waals surface area contributed by atoms with Gasteiger partial charge in [0.25, 0.3) is 5.91 Å². The van der Waals surface area contributed by atoms with Crippen molar-refractivity contribution in [2.24, 2.45) is 0 Å². The Labute approximate surface area is 89.3 Å². The van der Waals surface area contributed by atoms with Crippen molar-refractivity contribution in [3.05, 3.63) is 34.3 Å². The highest BCUT2D eigenvalue weighted by Gasteiger charge is 2.07. The molecule has 1 amide bonds. The number of amides is 1. The number of carbonyl (C=O) groups is 1. The van der Waals surface area contributed by atoms with E-state index >= 15 is 0 Å². The first-order valence-electron chi connectivity index (χ1n) is 4.57. The van der Waals surface area contributed by atoms with Gasteiger partial charge < -0.3 is 5.32 Å². The van der Waals surface area contributed by atoms with Gasteiger partial charge in [-0.2, -0.15) is 0 Å². The lowest BCUT2D eigenvalue weighted by atomic mass is 10.1. The van der Waals surface area contributed by atoms with Crippen LogP contribution >= 0.6 is 11.6 Å². The summed E-state index contributed by atoms with van der Waals surface area (Å²) in [6, 6.07) is 5.45. The normalized spacial score (nSPS) is 10.4. The van der Waals surface area contributed by atoms with Crippen molar-refractivity contribution in [2.45, 2.75) is 26.8 Å². The van der Waals surface area contributed by atoms with Gasteiger partial charge in [0.15, 0.2) is 0 Å². The molecular formula is C11H14ClNO. The van der Waals surface area contributed by atoms with Gasteiger partial charge in [-0.05, 0) is 38.5 Å². The zero-order valence-electron chi connectivity index (χ0n) is 8.60. The molecule has 0 unspecified atom stereocenters. The van der Waals surface area contributed by atoms with E-state index in [9.17, 15) is 4.79 Å². The first-order valence-corrected chi connectivity index (χ1v) is 4.95. The summed E-state index contributed by atoms with van der Waals surface area (Å²) in [5.74, 6) is -0.0816. The summed E-state index contributed by atoms with van der Waals surface area (Å²) in [5.41, 5.74) is 1.59. The predicted octanol–water partition coefficient (Wildman–Crippen LogP) is 2.79. The molecule has 1 N–H and O–H groups in total. The Morgan fingerprint density at radius 1 is 1.43 bits per heavy atom. The molecule has 0 spiro atoms. The molecule has 1 rings (SSSR count). The molecule has 1 aromatic carbocycles. The van der Waals surface area contributed by atoms with Crippen LogP contribution in [0.2, 0.25) is 5.02 Å². The summed E-state index contributed by atoms with van der Waals surface area (Å²) in [5, 5.41) is 3.43. The third kappa shape index (κ3) is 2.74. The average molecular weight is 212 g/mol. The summed E-state index contributed by atoms with van der Waals surface area (Å²) in [4.78, 5) is 11.5. The van der Waals surface area contributed by atoms with Crippen molar-refractivity contribution in [2.75, 3.05) is 0 Å². The zero-order chi connectivity index (χ0) is 10.7. The fourth-order valence-corrected chi connectivity index (χ4v) is 1.26. The van der Waals surface area contributed by atoms with E-state index in [2.05, 4.69) is 5.32 Å². The van der Waals surface area contributed by atoms with Crippen molar-refractivity contribution in [1.29, 1.82) is 0 Å². The van der Waals surface area contributed by atoms with Crippen molar-refractivity contribution in [1.82, 2.24) is 5.32 Å². The van der Waals surface area contributed by atoms with Crippen molar-refractivity contribution in [3.63, 3.8) is 0 Å². The number of carbonyl (C=O) groups excluding carboxylic acids is 1. The van der Waals surface area contributed by atoms with E-state index < -0.39 is 0 Å². The van der Waals surface area contributed by atoms with Gasteiger partial charge in [-0.25, -0.2) is 0 Å². The summed E-state index contributed by atoms with van der Waals surface area (Å²) in [7, 11) is 0. The van der Waals surface area contributed by atoms with Crippen LogP contribution in [0.1, 0.15) is 29.8 Å². The van der Waals surface area contributed by atoms with Crippen LogP contribution in [-0.2, 0) is 0 Å². The van der Waals surface area contributed by atoms with Crippen molar-refractivity contribution in [3.8, 4) is 0 Å². The molecule has 0 heterocycles. The highest BCUT2D eigenvalue weighted by Crippen LogP contribution is 2.16. The lowest BCUT2D eigenvalue weighted by Gasteiger charge is -2.08. The number of rotatable bonds is 2. The SMILES string of the molecule is Cc1ccc(C(=O)NC(C)C)cc1Cl. The first-order chi connectivity index (χ1) is 6.50. The maximum absolute atomic E-state index is 11.5. The van der Waals surface area contributed by atoms with Crippen LogP contribution in [0.4, 0.5) is 0 Å². The van der Waals surface area contributed by atoms with Gasteiger partial charge in [0.05, 0.1) is 0 Å². The van der Waals surface area contributed by atoms with Crippen LogP contribution in [0.3, 0.4) is 0 Å². The van der Waals surface area contributed by atoms with Gasteiger partial charge >= 0.3 is 0 Å². The van der Waals surface area contributed by atoms with E-state index in [0.29, 0.717) is 10.6 Å². The minimum absolute atomic E-state index is 0.0816. The number of nitrogens with one attached hydrogen (secondary N) is 1. The van der Waals surface area contributed by atoms with E-state index in [0.717, 1.165) is 5.56 Å². The van der Waals surface area contributed by atoms with Crippen LogP contribution < -0.4 is 5.32 Å². The fraction of sp³-hybridized carbons (Fsp3) is 0.364. The molecule has 2 nitrogen and oxygen atoms in total. The van der Waals surface area contributed by atoms with Gasteiger partial charge in [-0.3, -0.25) is 4.79 Å². The minimum Gasteiger partial charge on any atom is -0.350 e. The van der Waals surface area contributed by atoms with E-state index in [4.69, 9.17) is 11.6 Å². The lowest BCUT2D eigenvalue weighted by molar-refractivity contribution is 0.0943. The molecule has 76 valence electrons. The van der Waals surface area contributed by atoms with Gasteiger partial charge in [-0.1, -0.05) is 17.7 Å². The fourth-order valence-electron chi connectivity index (χ4n) is 1.08. The van der Waals surface area contributed by atoms with E-state index in [1.54, 1.807) is 12.1 Å². The molecule has 0 fully saturated rings. The molecule has 0 saturated heterocycles. The molecule has 0 aliphatic heterocycles.